The van der Waals surface area contributed by atoms with Gasteiger partial charge in [-0.3, -0.25) is 14.6 Å². The number of carbonyl (C=O) groups excluding carboxylic acids is 1. The van der Waals surface area contributed by atoms with Gasteiger partial charge in [0.1, 0.15) is 11.5 Å². The predicted molar refractivity (Wildman–Crippen MR) is 119 cm³/mol. The molecule has 0 saturated carbocycles. The minimum atomic E-state index is -4.37. The molecular weight excluding hydrogens is 454 g/mol. The van der Waals surface area contributed by atoms with Gasteiger partial charge in [-0.1, -0.05) is 26.7 Å². The van der Waals surface area contributed by atoms with Gasteiger partial charge in [0.25, 0.3) is 0 Å². The number of likely N-dealkylation sites (N-methyl/N-ethyl adjacent to an activating group) is 1. The molecule has 1 aromatic heterocycles. The van der Waals surface area contributed by atoms with Crippen LogP contribution in [0.15, 0.2) is 40.2 Å². The van der Waals surface area contributed by atoms with E-state index in [4.69, 9.17) is 4.74 Å². The van der Waals surface area contributed by atoms with E-state index in [1.54, 1.807) is 0 Å². The fourth-order valence-electron chi connectivity index (χ4n) is 3.22. The second-order valence-corrected chi connectivity index (χ2v) is 9.72. The van der Waals surface area contributed by atoms with Gasteiger partial charge in [-0.15, -0.1) is 0 Å². The minimum Gasteiger partial charge on any atom is -0.494 e. The molecule has 33 heavy (non-hydrogen) atoms. The van der Waals surface area contributed by atoms with Crippen LogP contribution in [0, 0.1) is 0 Å². The topological polar surface area (TPSA) is 151 Å². The van der Waals surface area contributed by atoms with E-state index in [-0.39, 0.29) is 21.1 Å². The van der Waals surface area contributed by atoms with Crippen molar-refractivity contribution in [1.82, 2.24) is 14.2 Å². The summed E-state index contributed by atoms with van der Waals surface area (Å²) in [6.07, 6.45) is 4.07. The summed E-state index contributed by atoms with van der Waals surface area (Å²) in [6.45, 7) is 4.54. The van der Waals surface area contributed by atoms with Crippen LogP contribution in [-0.4, -0.2) is 63.4 Å². The molecule has 0 radical (unpaired) electrons. The van der Waals surface area contributed by atoms with Gasteiger partial charge in [0, 0.05) is 13.6 Å². The molecule has 3 N–H and O–H groups in total. The highest BCUT2D eigenvalue weighted by atomic mass is 32.2. The van der Waals surface area contributed by atoms with Gasteiger partial charge in [-0.05, 0) is 37.1 Å². The van der Waals surface area contributed by atoms with Crippen molar-refractivity contribution >= 4 is 15.7 Å². The maximum absolute atomic E-state index is 13.1. The first-order chi connectivity index (χ1) is 15.5. The molecule has 11 nitrogen and oxygen atoms in total. The van der Waals surface area contributed by atoms with Gasteiger partial charge in [0.2, 0.25) is 11.6 Å². The highest BCUT2D eigenvalue weighted by Gasteiger charge is 2.48. The van der Waals surface area contributed by atoms with Crippen LogP contribution in [-0.2, 0) is 26.9 Å². The van der Waals surface area contributed by atoms with Crippen molar-refractivity contribution in [3.05, 3.63) is 40.9 Å². The summed E-state index contributed by atoms with van der Waals surface area (Å²) in [7, 11) is -3.50. The van der Waals surface area contributed by atoms with Crippen molar-refractivity contribution in [1.29, 1.82) is 0 Å². The maximum atomic E-state index is 13.1. The lowest BCUT2D eigenvalue weighted by Gasteiger charge is -2.29. The summed E-state index contributed by atoms with van der Waals surface area (Å²) < 4.78 is 33.0. The molecule has 0 saturated heterocycles. The zero-order chi connectivity index (χ0) is 24.8. The van der Waals surface area contributed by atoms with E-state index in [1.165, 1.54) is 24.3 Å². The van der Waals surface area contributed by atoms with Crippen LogP contribution in [0.25, 0.3) is 0 Å². The molecule has 1 amide bonds. The van der Waals surface area contributed by atoms with Gasteiger partial charge < -0.3 is 14.9 Å². The predicted octanol–water partition coefficient (Wildman–Crippen LogP) is 1.30. The summed E-state index contributed by atoms with van der Waals surface area (Å²) in [5, 5.41) is 31.1. The number of aryl methyl sites for hydroxylation is 1. The molecule has 0 bridgehead atoms. The molecule has 184 valence electrons. The molecule has 0 aliphatic heterocycles. The van der Waals surface area contributed by atoms with Crippen molar-refractivity contribution in [2.24, 2.45) is 0 Å². The van der Waals surface area contributed by atoms with Crippen molar-refractivity contribution in [3.8, 4) is 11.6 Å². The third-order valence-corrected chi connectivity index (χ3v) is 6.81. The van der Waals surface area contributed by atoms with Crippen LogP contribution in [0.5, 0.6) is 11.6 Å². The quantitative estimate of drug-likeness (QED) is 0.231. The first-order valence-corrected chi connectivity index (χ1v) is 12.3. The fraction of sp³-hybridized carbons (Fsp3) is 0.524. The number of carbonyl (C=O) groups is 1. The monoisotopic (exact) mass is 485 g/mol. The summed E-state index contributed by atoms with van der Waals surface area (Å²) in [5.74, 6) is -3.17. The number of unbranched alkanes of at least 4 members (excludes halogenated alkanes) is 2. The molecule has 2 aromatic rings. The molecular formula is C21H31N3O8S. The Bertz CT molecular complexity index is 1110. The largest absolute Gasteiger partial charge is 0.494 e. The molecule has 12 heteroatoms. The fourth-order valence-corrected chi connectivity index (χ4v) is 4.72. The second kappa shape index (κ2) is 10.9. The van der Waals surface area contributed by atoms with Crippen LogP contribution >= 0.6 is 0 Å². The molecule has 2 rings (SSSR count). The number of sulfone groups is 1. The van der Waals surface area contributed by atoms with E-state index in [2.05, 4.69) is 0 Å². The SMILES string of the molecule is CCCCOc1ccc(S(=O)(=O)CC(O)(C(=O)N(C)O)n2c(O)cn(CCCC)c2=O)cc1. The number of aromatic hydroxyl groups is 1. The highest BCUT2D eigenvalue weighted by Crippen LogP contribution is 2.27. The average Bonchev–Trinajstić information content (AvgIpc) is 3.05. The van der Waals surface area contributed by atoms with Crippen molar-refractivity contribution in [2.45, 2.75) is 56.7 Å². The molecule has 0 fully saturated rings. The lowest BCUT2D eigenvalue weighted by molar-refractivity contribution is -0.188. The van der Waals surface area contributed by atoms with E-state index in [9.17, 15) is 33.4 Å². The third kappa shape index (κ3) is 5.95. The average molecular weight is 486 g/mol. The number of aromatic nitrogens is 2. The van der Waals surface area contributed by atoms with Crippen LogP contribution in [0.1, 0.15) is 39.5 Å². The third-order valence-electron chi connectivity index (χ3n) is 5.04. The normalized spacial score (nSPS) is 13.5. The number of hydrogen-bond acceptors (Lipinski definition) is 8. The number of benzene rings is 1. The minimum absolute atomic E-state index is 0.0323. The van der Waals surface area contributed by atoms with Crippen LogP contribution in [0.2, 0.25) is 0 Å². The van der Waals surface area contributed by atoms with E-state index in [0.717, 1.165) is 37.1 Å². The first kappa shape index (κ1) is 26.4. The van der Waals surface area contributed by atoms with E-state index in [0.29, 0.717) is 18.8 Å². The summed E-state index contributed by atoms with van der Waals surface area (Å²) >= 11 is 0. The molecule has 1 atom stereocenters. The Balaban J connectivity index is 2.46. The Morgan fingerprint density at radius 3 is 2.30 bits per heavy atom. The van der Waals surface area contributed by atoms with Crippen LogP contribution < -0.4 is 10.4 Å². The number of imidazole rings is 1. The van der Waals surface area contributed by atoms with Crippen molar-refractivity contribution < 1.29 is 33.4 Å². The number of ether oxygens (including phenoxy) is 1. The van der Waals surface area contributed by atoms with Gasteiger partial charge in [-0.25, -0.2) is 22.8 Å². The maximum Gasteiger partial charge on any atom is 0.333 e. The first-order valence-electron chi connectivity index (χ1n) is 10.6. The van der Waals surface area contributed by atoms with Crippen molar-refractivity contribution in [2.75, 3.05) is 19.4 Å². The Labute approximate surface area is 192 Å². The van der Waals surface area contributed by atoms with Gasteiger partial charge in [-0.2, -0.15) is 0 Å². The molecule has 0 aliphatic rings. The van der Waals surface area contributed by atoms with E-state index in [1.807, 2.05) is 13.8 Å². The number of amides is 1. The Morgan fingerprint density at radius 2 is 1.76 bits per heavy atom. The molecule has 0 spiro atoms. The number of hydroxylamine groups is 2. The lowest BCUT2D eigenvalue weighted by Crippen LogP contribution is -2.56. The number of hydrogen-bond donors (Lipinski definition) is 3. The molecule has 1 aromatic carbocycles. The molecule has 0 aliphatic carbocycles. The summed E-state index contributed by atoms with van der Waals surface area (Å²) in [5.41, 5.74) is -4.09. The van der Waals surface area contributed by atoms with Crippen LogP contribution in [0.3, 0.4) is 0 Å². The molecule has 1 heterocycles. The van der Waals surface area contributed by atoms with Gasteiger partial charge in [0.15, 0.2) is 9.84 Å². The van der Waals surface area contributed by atoms with Gasteiger partial charge in [0.05, 0.1) is 17.7 Å². The number of aliphatic hydroxyl groups is 1. The zero-order valence-corrected chi connectivity index (χ0v) is 19.8. The van der Waals surface area contributed by atoms with Crippen LogP contribution in [0.4, 0.5) is 0 Å². The highest BCUT2D eigenvalue weighted by molar-refractivity contribution is 7.91. The molecule has 1 unspecified atom stereocenters. The lowest BCUT2D eigenvalue weighted by atomic mass is 10.2. The van der Waals surface area contributed by atoms with E-state index < -0.39 is 38.8 Å². The summed E-state index contributed by atoms with van der Waals surface area (Å²) in [6, 6.07) is 5.37. The Hall–Kier alpha value is -2.83. The Morgan fingerprint density at radius 1 is 1.15 bits per heavy atom. The standard InChI is InChI=1S/C21H31N3O8S/c1-4-6-12-23-14-18(25)24(20(23)27)21(28,19(26)22(3)29)15-33(30,31)17-10-8-16(9-11-17)32-13-7-5-2/h8-11,14,25,28-29H,4-7,12-13,15H2,1-3H3. The number of rotatable bonds is 12. The smallest absolute Gasteiger partial charge is 0.333 e. The van der Waals surface area contributed by atoms with Gasteiger partial charge >= 0.3 is 11.6 Å². The second-order valence-electron chi connectivity index (χ2n) is 7.73. The number of nitrogens with zero attached hydrogens (tertiary/aromatic N) is 3. The van der Waals surface area contributed by atoms with E-state index >= 15 is 0 Å². The van der Waals surface area contributed by atoms with Crippen molar-refractivity contribution in [3.63, 3.8) is 0 Å². The summed E-state index contributed by atoms with van der Waals surface area (Å²) in [4.78, 5) is 25.2. The Kier molecular flexibility index (Phi) is 8.69. The zero-order valence-electron chi connectivity index (χ0n) is 19.0.